The minimum atomic E-state index is -0.353. The second-order valence-corrected chi connectivity index (χ2v) is 4.78. The first-order valence-corrected chi connectivity index (χ1v) is 6.91. The van der Waals surface area contributed by atoms with Crippen LogP contribution in [0.2, 0.25) is 5.02 Å². The maximum absolute atomic E-state index is 13.6. The molecule has 94 valence electrons. The summed E-state index contributed by atoms with van der Waals surface area (Å²) in [6.07, 6.45) is 0. The van der Waals surface area contributed by atoms with Crippen LogP contribution in [0.1, 0.15) is 11.1 Å². The van der Waals surface area contributed by atoms with Gasteiger partial charge in [0.2, 0.25) is 0 Å². The van der Waals surface area contributed by atoms with Gasteiger partial charge in [-0.1, -0.05) is 51.8 Å². The van der Waals surface area contributed by atoms with Crippen LogP contribution in [-0.4, -0.2) is 0 Å². The number of halogens is 3. The smallest absolute Gasteiger partial charge is 0.165 e. The Kier molecular flexibility index (Phi) is 4.61. The lowest BCUT2D eigenvalue weighted by Crippen LogP contribution is -2.00. The molecule has 0 fully saturated rings. The van der Waals surface area contributed by atoms with Crippen LogP contribution in [0.4, 0.5) is 4.39 Å². The summed E-state index contributed by atoms with van der Waals surface area (Å²) in [5, 5.41) is 1.20. The van der Waals surface area contributed by atoms with Gasteiger partial charge in [0.1, 0.15) is 6.61 Å². The lowest BCUT2D eigenvalue weighted by Gasteiger charge is -2.11. The molecule has 0 aliphatic rings. The maximum Gasteiger partial charge on any atom is 0.165 e. The van der Waals surface area contributed by atoms with Crippen LogP contribution in [0.25, 0.3) is 0 Å². The van der Waals surface area contributed by atoms with Crippen molar-refractivity contribution >= 4 is 27.5 Å². The summed E-state index contributed by atoms with van der Waals surface area (Å²) in [6.45, 7) is 0.293. The van der Waals surface area contributed by atoms with E-state index < -0.39 is 0 Å². The Morgan fingerprint density at radius 1 is 1.17 bits per heavy atom. The average Bonchev–Trinajstić information content (AvgIpc) is 2.37. The Labute approximate surface area is 119 Å². The quantitative estimate of drug-likeness (QED) is 0.721. The molecule has 0 saturated heterocycles. The molecule has 2 rings (SSSR count). The number of hydrogen-bond donors (Lipinski definition) is 0. The highest BCUT2D eigenvalue weighted by Gasteiger charge is 2.09. The summed E-state index contributed by atoms with van der Waals surface area (Å²) in [6, 6.07) is 12.2. The van der Waals surface area contributed by atoms with Gasteiger partial charge in [-0.15, -0.1) is 0 Å². The third-order valence-electron chi connectivity index (χ3n) is 2.46. The van der Waals surface area contributed by atoms with E-state index in [9.17, 15) is 4.39 Å². The van der Waals surface area contributed by atoms with Gasteiger partial charge < -0.3 is 4.74 Å². The van der Waals surface area contributed by atoms with E-state index in [1.807, 2.05) is 18.2 Å². The third kappa shape index (κ3) is 3.24. The van der Waals surface area contributed by atoms with Crippen LogP contribution in [0.15, 0.2) is 42.5 Å². The molecule has 4 heteroatoms. The van der Waals surface area contributed by atoms with E-state index in [2.05, 4.69) is 15.9 Å². The zero-order chi connectivity index (χ0) is 13.0. The van der Waals surface area contributed by atoms with Crippen molar-refractivity contribution < 1.29 is 9.13 Å². The van der Waals surface area contributed by atoms with Crippen molar-refractivity contribution in [1.29, 1.82) is 0 Å². The second-order valence-electron chi connectivity index (χ2n) is 3.78. The largest absolute Gasteiger partial charge is 0.486 e. The number of rotatable bonds is 4. The zero-order valence-corrected chi connectivity index (χ0v) is 11.8. The van der Waals surface area contributed by atoms with Crippen molar-refractivity contribution in [3.8, 4) is 5.75 Å². The van der Waals surface area contributed by atoms with Gasteiger partial charge in [0.05, 0.1) is 0 Å². The first kappa shape index (κ1) is 13.4. The van der Waals surface area contributed by atoms with Crippen LogP contribution >= 0.6 is 27.5 Å². The van der Waals surface area contributed by atoms with Gasteiger partial charge >= 0.3 is 0 Å². The second kappa shape index (κ2) is 6.21. The predicted octanol–water partition coefficient (Wildman–Crippen LogP) is 4.95. The SMILES string of the molecule is Fc1cccc(CBr)c1OCc1cccc(Cl)c1. The Morgan fingerprint density at radius 3 is 2.67 bits per heavy atom. The van der Waals surface area contributed by atoms with E-state index in [-0.39, 0.29) is 11.6 Å². The molecule has 0 saturated carbocycles. The number of benzene rings is 2. The molecule has 0 N–H and O–H groups in total. The van der Waals surface area contributed by atoms with Gasteiger partial charge in [0, 0.05) is 15.9 Å². The average molecular weight is 330 g/mol. The molecule has 0 heterocycles. The van der Waals surface area contributed by atoms with Crippen molar-refractivity contribution in [2.24, 2.45) is 0 Å². The summed E-state index contributed by atoms with van der Waals surface area (Å²) in [5.74, 6) is -0.0664. The normalized spacial score (nSPS) is 10.4. The number of ether oxygens (including phenoxy) is 1. The van der Waals surface area contributed by atoms with Crippen molar-refractivity contribution in [1.82, 2.24) is 0 Å². The lowest BCUT2D eigenvalue weighted by molar-refractivity contribution is 0.288. The highest BCUT2D eigenvalue weighted by molar-refractivity contribution is 9.08. The molecule has 18 heavy (non-hydrogen) atoms. The molecule has 0 amide bonds. The fourth-order valence-corrected chi connectivity index (χ4v) is 2.26. The number of para-hydroxylation sites is 1. The summed E-state index contributed by atoms with van der Waals surface area (Å²) in [4.78, 5) is 0. The zero-order valence-electron chi connectivity index (χ0n) is 9.50. The summed E-state index contributed by atoms with van der Waals surface area (Å²) < 4.78 is 19.2. The summed E-state index contributed by atoms with van der Waals surface area (Å²) in [7, 11) is 0. The van der Waals surface area contributed by atoms with E-state index in [0.29, 0.717) is 17.0 Å². The van der Waals surface area contributed by atoms with E-state index in [4.69, 9.17) is 16.3 Å². The molecule has 0 atom stereocenters. The Bertz CT molecular complexity index is 545. The van der Waals surface area contributed by atoms with Gasteiger partial charge in [0.25, 0.3) is 0 Å². The molecule has 2 aromatic carbocycles. The maximum atomic E-state index is 13.6. The Hall–Kier alpha value is -1.06. The predicted molar refractivity (Wildman–Crippen MR) is 74.8 cm³/mol. The van der Waals surface area contributed by atoms with E-state index >= 15 is 0 Å². The highest BCUT2D eigenvalue weighted by Crippen LogP contribution is 2.25. The van der Waals surface area contributed by atoms with E-state index in [1.54, 1.807) is 18.2 Å². The molecule has 0 spiro atoms. The molecule has 0 aliphatic heterocycles. The molecular formula is C14H11BrClFO. The summed E-state index contributed by atoms with van der Waals surface area (Å²) in [5.41, 5.74) is 1.70. The van der Waals surface area contributed by atoms with Crippen LogP contribution in [0.5, 0.6) is 5.75 Å². The van der Waals surface area contributed by atoms with Crippen molar-refractivity contribution in [2.75, 3.05) is 0 Å². The number of hydrogen-bond acceptors (Lipinski definition) is 1. The summed E-state index contributed by atoms with van der Waals surface area (Å²) >= 11 is 9.19. The lowest BCUT2D eigenvalue weighted by atomic mass is 10.2. The molecule has 0 bridgehead atoms. The Balaban J connectivity index is 2.15. The molecule has 1 nitrogen and oxygen atoms in total. The van der Waals surface area contributed by atoms with Crippen molar-refractivity contribution in [3.05, 3.63) is 64.4 Å². The molecule has 0 radical (unpaired) electrons. The van der Waals surface area contributed by atoms with Gasteiger partial charge in [-0.05, 0) is 23.8 Å². The van der Waals surface area contributed by atoms with Crippen molar-refractivity contribution in [3.63, 3.8) is 0 Å². The van der Waals surface area contributed by atoms with Crippen molar-refractivity contribution in [2.45, 2.75) is 11.9 Å². The molecule has 0 unspecified atom stereocenters. The first-order valence-electron chi connectivity index (χ1n) is 5.41. The standard InChI is InChI=1S/C14H11BrClFO/c15-8-11-4-2-6-13(17)14(11)18-9-10-3-1-5-12(16)7-10/h1-7H,8-9H2. The topological polar surface area (TPSA) is 9.23 Å². The third-order valence-corrected chi connectivity index (χ3v) is 3.30. The highest BCUT2D eigenvalue weighted by atomic mass is 79.9. The van der Waals surface area contributed by atoms with Crippen LogP contribution < -0.4 is 4.74 Å². The van der Waals surface area contributed by atoms with Crippen LogP contribution in [0, 0.1) is 5.82 Å². The molecule has 2 aromatic rings. The van der Waals surface area contributed by atoms with Gasteiger partial charge in [-0.2, -0.15) is 0 Å². The number of alkyl halides is 1. The minimum absolute atomic E-state index is 0.286. The van der Waals surface area contributed by atoms with Crippen LogP contribution in [0.3, 0.4) is 0 Å². The van der Waals surface area contributed by atoms with Gasteiger partial charge in [-0.25, -0.2) is 4.39 Å². The molecule has 0 aliphatic carbocycles. The molecule has 0 aromatic heterocycles. The Morgan fingerprint density at radius 2 is 1.94 bits per heavy atom. The minimum Gasteiger partial charge on any atom is -0.486 e. The van der Waals surface area contributed by atoms with Crippen LogP contribution in [-0.2, 0) is 11.9 Å². The fraction of sp³-hybridized carbons (Fsp3) is 0.143. The van der Waals surface area contributed by atoms with Gasteiger partial charge in [0.15, 0.2) is 11.6 Å². The van der Waals surface area contributed by atoms with E-state index in [0.717, 1.165) is 11.1 Å². The van der Waals surface area contributed by atoms with E-state index in [1.165, 1.54) is 6.07 Å². The van der Waals surface area contributed by atoms with Gasteiger partial charge in [-0.3, -0.25) is 0 Å². The fourth-order valence-electron chi connectivity index (χ4n) is 1.60. The molecular weight excluding hydrogens is 319 g/mol. The monoisotopic (exact) mass is 328 g/mol. The first-order chi connectivity index (χ1) is 8.70.